The second-order valence-corrected chi connectivity index (χ2v) is 4.19. The summed E-state index contributed by atoms with van der Waals surface area (Å²) in [4.78, 5) is 2.54. The first-order chi connectivity index (χ1) is 5.73. The lowest BCUT2D eigenvalue weighted by atomic mass is 10.1. The van der Waals surface area contributed by atoms with Gasteiger partial charge in [0.05, 0.1) is 5.60 Å². The van der Waals surface area contributed by atoms with Crippen LogP contribution in [0.1, 0.15) is 13.3 Å². The fourth-order valence-corrected chi connectivity index (χ4v) is 1.98. The van der Waals surface area contributed by atoms with Crippen LogP contribution >= 0.6 is 0 Å². The first-order valence-corrected chi connectivity index (χ1v) is 4.73. The third-order valence-corrected chi connectivity index (χ3v) is 3.23. The summed E-state index contributed by atoms with van der Waals surface area (Å²) < 4.78 is 5.49. The van der Waals surface area contributed by atoms with Crippen molar-refractivity contribution in [3.8, 4) is 0 Å². The zero-order valence-corrected chi connectivity index (χ0v) is 7.97. The summed E-state index contributed by atoms with van der Waals surface area (Å²) >= 11 is 0. The number of nitrogens with zero attached hydrogens (tertiary/aromatic N) is 1. The number of likely N-dealkylation sites (tertiary alicyclic amines) is 1. The molecule has 3 heteroatoms. The van der Waals surface area contributed by atoms with Crippen LogP contribution in [-0.4, -0.2) is 49.8 Å². The van der Waals surface area contributed by atoms with Gasteiger partial charge in [-0.05, 0) is 13.3 Å². The normalized spacial score (nSPS) is 38.5. The van der Waals surface area contributed by atoms with Crippen molar-refractivity contribution in [1.29, 1.82) is 0 Å². The molecule has 0 aliphatic carbocycles. The van der Waals surface area contributed by atoms with E-state index in [4.69, 9.17) is 4.74 Å². The number of nitrogens with one attached hydrogen (secondary N) is 1. The average Bonchev–Trinajstić information content (AvgIpc) is 2.31. The van der Waals surface area contributed by atoms with Crippen molar-refractivity contribution in [1.82, 2.24) is 10.2 Å². The minimum atomic E-state index is 0.121. The van der Waals surface area contributed by atoms with Gasteiger partial charge >= 0.3 is 0 Å². The smallest absolute Gasteiger partial charge is 0.0789 e. The third kappa shape index (κ3) is 1.37. The van der Waals surface area contributed by atoms with Crippen LogP contribution < -0.4 is 5.32 Å². The van der Waals surface area contributed by atoms with Crippen molar-refractivity contribution in [3.05, 3.63) is 0 Å². The highest BCUT2D eigenvalue weighted by molar-refractivity contribution is 4.94. The summed E-state index contributed by atoms with van der Waals surface area (Å²) in [5.41, 5.74) is 0.121. The fourth-order valence-electron chi connectivity index (χ4n) is 1.98. The Labute approximate surface area is 74.1 Å². The van der Waals surface area contributed by atoms with Crippen LogP contribution in [0.4, 0.5) is 0 Å². The molecule has 1 atom stereocenters. The quantitative estimate of drug-likeness (QED) is 0.634. The van der Waals surface area contributed by atoms with Crippen molar-refractivity contribution in [2.24, 2.45) is 0 Å². The molecule has 2 saturated heterocycles. The zero-order chi connectivity index (χ0) is 8.60. The monoisotopic (exact) mass is 170 g/mol. The maximum Gasteiger partial charge on any atom is 0.0789 e. The summed E-state index contributed by atoms with van der Waals surface area (Å²) in [6, 6.07) is 0.780. The van der Waals surface area contributed by atoms with E-state index in [2.05, 4.69) is 17.1 Å². The van der Waals surface area contributed by atoms with Crippen molar-refractivity contribution >= 4 is 0 Å². The Kier molecular flexibility index (Phi) is 2.10. The van der Waals surface area contributed by atoms with Crippen LogP contribution in [0.2, 0.25) is 0 Å². The molecule has 1 unspecified atom stereocenters. The molecule has 3 nitrogen and oxygen atoms in total. The third-order valence-electron chi connectivity index (χ3n) is 3.23. The van der Waals surface area contributed by atoms with Gasteiger partial charge in [0.1, 0.15) is 0 Å². The van der Waals surface area contributed by atoms with Crippen LogP contribution in [0.15, 0.2) is 0 Å². The van der Waals surface area contributed by atoms with Gasteiger partial charge in [0.15, 0.2) is 0 Å². The van der Waals surface area contributed by atoms with Crippen LogP contribution in [0.3, 0.4) is 0 Å². The van der Waals surface area contributed by atoms with Crippen molar-refractivity contribution in [3.63, 3.8) is 0 Å². The molecule has 0 radical (unpaired) electrons. The molecule has 70 valence electrons. The zero-order valence-electron chi connectivity index (χ0n) is 7.97. The molecule has 0 amide bonds. The molecule has 0 spiro atoms. The highest BCUT2D eigenvalue weighted by Gasteiger charge is 2.38. The maximum absolute atomic E-state index is 5.49. The number of ether oxygens (including phenoxy) is 1. The molecular weight excluding hydrogens is 152 g/mol. The standard InChI is InChI=1S/C9H18N2O/c1-9(12-2)3-4-11(7-9)8-5-10-6-8/h8,10H,3-7H2,1-2H3. The minimum absolute atomic E-state index is 0.121. The highest BCUT2D eigenvalue weighted by atomic mass is 16.5. The molecule has 2 heterocycles. The van der Waals surface area contributed by atoms with Gasteiger partial charge in [-0.2, -0.15) is 0 Å². The molecule has 0 aromatic heterocycles. The van der Waals surface area contributed by atoms with E-state index in [1.807, 2.05) is 7.11 Å². The van der Waals surface area contributed by atoms with E-state index >= 15 is 0 Å². The molecule has 2 aliphatic rings. The van der Waals surface area contributed by atoms with E-state index in [-0.39, 0.29) is 5.60 Å². The molecule has 0 bridgehead atoms. The van der Waals surface area contributed by atoms with Gasteiger partial charge in [0, 0.05) is 39.3 Å². The van der Waals surface area contributed by atoms with Crippen LogP contribution in [0, 0.1) is 0 Å². The van der Waals surface area contributed by atoms with Gasteiger partial charge in [-0.15, -0.1) is 0 Å². The molecule has 2 aliphatic heterocycles. The predicted octanol–water partition coefficient (Wildman–Crippen LogP) is 0.0690. The average molecular weight is 170 g/mol. The van der Waals surface area contributed by atoms with Crippen LogP contribution in [-0.2, 0) is 4.74 Å². The lowest BCUT2D eigenvalue weighted by molar-refractivity contribution is 0.00847. The molecule has 0 saturated carbocycles. The number of hydrogen-bond donors (Lipinski definition) is 1. The second kappa shape index (κ2) is 2.98. The summed E-state index contributed by atoms with van der Waals surface area (Å²) in [7, 11) is 1.82. The maximum atomic E-state index is 5.49. The van der Waals surface area contributed by atoms with Gasteiger partial charge in [-0.3, -0.25) is 4.90 Å². The Bertz CT molecular complexity index is 170. The van der Waals surface area contributed by atoms with E-state index in [0.717, 1.165) is 12.6 Å². The Morgan fingerprint density at radius 3 is 2.67 bits per heavy atom. The van der Waals surface area contributed by atoms with E-state index < -0.39 is 0 Å². The summed E-state index contributed by atoms with van der Waals surface area (Å²) in [6.45, 7) is 6.85. The summed E-state index contributed by atoms with van der Waals surface area (Å²) in [6.07, 6.45) is 1.18. The molecule has 2 fully saturated rings. The Morgan fingerprint density at radius 1 is 1.50 bits per heavy atom. The Balaban J connectivity index is 1.88. The van der Waals surface area contributed by atoms with Gasteiger partial charge in [-0.25, -0.2) is 0 Å². The molecule has 0 aromatic carbocycles. The molecule has 12 heavy (non-hydrogen) atoms. The Hall–Kier alpha value is -0.120. The van der Waals surface area contributed by atoms with E-state index in [1.165, 1.54) is 26.1 Å². The van der Waals surface area contributed by atoms with E-state index in [0.29, 0.717) is 0 Å². The first-order valence-electron chi connectivity index (χ1n) is 4.73. The van der Waals surface area contributed by atoms with Crippen molar-refractivity contribution < 1.29 is 4.74 Å². The summed E-state index contributed by atoms with van der Waals surface area (Å²) in [5.74, 6) is 0. The Morgan fingerprint density at radius 2 is 2.25 bits per heavy atom. The SMILES string of the molecule is COC1(C)CCN(C2CNC2)C1. The topological polar surface area (TPSA) is 24.5 Å². The predicted molar refractivity (Wildman–Crippen MR) is 48.3 cm³/mol. The molecule has 0 aromatic rings. The van der Waals surface area contributed by atoms with Crippen LogP contribution in [0.5, 0.6) is 0 Å². The van der Waals surface area contributed by atoms with Crippen molar-refractivity contribution in [2.45, 2.75) is 25.0 Å². The number of hydrogen-bond acceptors (Lipinski definition) is 3. The number of methoxy groups -OCH3 is 1. The molecule has 1 N–H and O–H groups in total. The van der Waals surface area contributed by atoms with Crippen LogP contribution in [0.25, 0.3) is 0 Å². The largest absolute Gasteiger partial charge is 0.377 e. The fraction of sp³-hybridized carbons (Fsp3) is 1.00. The second-order valence-electron chi connectivity index (χ2n) is 4.19. The van der Waals surface area contributed by atoms with Gasteiger partial charge in [0.2, 0.25) is 0 Å². The van der Waals surface area contributed by atoms with Gasteiger partial charge in [0.25, 0.3) is 0 Å². The van der Waals surface area contributed by atoms with Gasteiger partial charge in [-0.1, -0.05) is 0 Å². The highest BCUT2D eigenvalue weighted by Crippen LogP contribution is 2.26. The van der Waals surface area contributed by atoms with E-state index in [1.54, 1.807) is 0 Å². The lowest BCUT2D eigenvalue weighted by Gasteiger charge is -2.36. The lowest BCUT2D eigenvalue weighted by Crippen LogP contribution is -2.57. The first kappa shape index (κ1) is 8.48. The molecular formula is C9H18N2O. The van der Waals surface area contributed by atoms with Gasteiger partial charge < -0.3 is 10.1 Å². The summed E-state index contributed by atoms with van der Waals surface area (Å²) in [5, 5.41) is 3.30. The van der Waals surface area contributed by atoms with E-state index in [9.17, 15) is 0 Å². The van der Waals surface area contributed by atoms with Crippen molar-refractivity contribution in [2.75, 3.05) is 33.3 Å². The molecule has 2 rings (SSSR count). The minimum Gasteiger partial charge on any atom is -0.377 e. The number of rotatable bonds is 2.